The number of hydrogen-bond donors (Lipinski definition) is 2. The maximum Gasteiger partial charge on any atom is 0.258 e. The maximum atomic E-state index is 14.2. The van der Waals surface area contributed by atoms with E-state index >= 15 is 0 Å². The van der Waals surface area contributed by atoms with Crippen LogP contribution in [0.4, 0.5) is 8.78 Å². The van der Waals surface area contributed by atoms with E-state index < -0.39 is 24.0 Å². The van der Waals surface area contributed by atoms with Crippen LogP contribution in [0.15, 0.2) is 23.9 Å². The number of rotatable bonds is 4. The summed E-state index contributed by atoms with van der Waals surface area (Å²) in [5.41, 5.74) is 8.70. The zero-order chi connectivity index (χ0) is 23.0. The minimum absolute atomic E-state index is 0.0194. The van der Waals surface area contributed by atoms with Crippen LogP contribution in [0.5, 0.6) is 5.75 Å². The number of carbonyl (C=O) groups excluding carboxylic acids is 1. The lowest BCUT2D eigenvalue weighted by Crippen LogP contribution is -2.44. The van der Waals surface area contributed by atoms with Crippen molar-refractivity contribution in [1.29, 1.82) is 0 Å². The Morgan fingerprint density at radius 1 is 1.28 bits per heavy atom. The highest BCUT2D eigenvalue weighted by Crippen LogP contribution is 2.30. The average Bonchev–Trinajstić information content (AvgIpc) is 3.14. The molecule has 2 aromatic rings. The van der Waals surface area contributed by atoms with Crippen LogP contribution in [0.3, 0.4) is 0 Å². The lowest BCUT2D eigenvalue weighted by molar-refractivity contribution is 0.0676. The zero-order valence-corrected chi connectivity index (χ0v) is 18.5. The summed E-state index contributed by atoms with van der Waals surface area (Å²) in [4.78, 5) is 23.6. The summed E-state index contributed by atoms with van der Waals surface area (Å²) >= 11 is 6.16. The fraction of sp³-hybridized carbons (Fsp3) is 0.409. The van der Waals surface area contributed by atoms with Gasteiger partial charge in [-0.15, -0.1) is 0 Å². The summed E-state index contributed by atoms with van der Waals surface area (Å²) < 4.78 is 33.9. The predicted octanol–water partition coefficient (Wildman–Crippen LogP) is 2.79. The summed E-state index contributed by atoms with van der Waals surface area (Å²) in [7, 11) is 0. The smallest absolute Gasteiger partial charge is 0.258 e. The van der Waals surface area contributed by atoms with E-state index in [2.05, 4.69) is 15.3 Å². The zero-order valence-electron chi connectivity index (χ0n) is 17.8. The Kier molecular flexibility index (Phi) is 6.30. The van der Waals surface area contributed by atoms with Crippen molar-refractivity contribution in [3.8, 4) is 5.75 Å². The second-order valence-electron chi connectivity index (χ2n) is 8.00. The second-order valence-corrected chi connectivity index (χ2v) is 8.38. The van der Waals surface area contributed by atoms with Gasteiger partial charge in [-0.05, 0) is 38.9 Å². The van der Waals surface area contributed by atoms with Gasteiger partial charge in [-0.3, -0.25) is 4.79 Å². The molecule has 1 amide bonds. The van der Waals surface area contributed by atoms with Crippen molar-refractivity contribution in [3.63, 3.8) is 0 Å². The molecule has 10 heteroatoms. The van der Waals surface area contributed by atoms with Gasteiger partial charge in [-0.1, -0.05) is 11.6 Å². The van der Waals surface area contributed by atoms with Gasteiger partial charge in [0.05, 0.1) is 35.1 Å². The Bertz CT molecular complexity index is 1070. The third-order valence-corrected chi connectivity index (χ3v) is 6.19. The highest BCUT2D eigenvalue weighted by Gasteiger charge is 2.32. The molecule has 1 fully saturated rings. The van der Waals surface area contributed by atoms with Crippen LogP contribution < -0.4 is 15.8 Å². The normalized spacial score (nSPS) is 21.2. The van der Waals surface area contributed by atoms with Gasteiger partial charge in [0.25, 0.3) is 5.91 Å². The van der Waals surface area contributed by atoms with Crippen molar-refractivity contribution < 1.29 is 18.3 Å². The number of halogens is 3. The summed E-state index contributed by atoms with van der Waals surface area (Å²) in [6, 6.07) is 3.64. The van der Waals surface area contributed by atoms with Gasteiger partial charge in [0, 0.05) is 23.9 Å². The van der Waals surface area contributed by atoms with E-state index in [0.29, 0.717) is 46.5 Å². The molecule has 0 bridgehead atoms. The molecule has 3 N–H and O–H groups in total. The van der Waals surface area contributed by atoms with Gasteiger partial charge in [0.15, 0.2) is 5.82 Å². The van der Waals surface area contributed by atoms with Crippen LogP contribution >= 0.6 is 11.6 Å². The fourth-order valence-electron chi connectivity index (χ4n) is 3.88. The summed E-state index contributed by atoms with van der Waals surface area (Å²) in [5.74, 6) is -0.528. The SMILES string of the molecule is Cc1nc(C2=C(N)CN(C(=O)c3ccc(F)cc3O[C@@H]3CCNC[C@H]3F)C2)nc(C)c1Cl. The third-order valence-electron chi connectivity index (χ3n) is 5.64. The number of aryl methyl sites for hydroxylation is 2. The number of nitrogens with two attached hydrogens (primary N) is 1. The lowest BCUT2D eigenvalue weighted by atomic mass is 10.1. The van der Waals surface area contributed by atoms with E-state index in [1.807, 2.05) is 0 Å². The van der Waals surface area contributed by atoms with Crippen LogP contribution in [0.25, 0.3) is 5.57 Å². The van der Waals surface area contributed by atoms with Crippen molar-refractivity contribution >= 4 is 23.1 Å². The summed E-state index contributed by atoms with van der Waals surface area (Å²) in [5, 5.41) is 3.42. The second kappa shape index (κ2) is 8.99. The number of ether oxygens (including phenoxy) is 1. The number of nitrogens with zero attached hydrogens (tertiary/aromatic N) is 3. The van der Waals surface area contributed by atoms with E-state index in [0.717, 1.165) is 6.07 Å². The quantitative estimate of drug-likeness (QED) is 0.724. The predicted molar refractivity (Wildman–Crippen MR) is 117 cm³/mol. The van der Waals surface area contributed by atoms with E-state index in [-0.39, 0.29) is 30.9 Å². The van der Waals surface area contributed by atoms with Crippen LogP contribution in [-0.4, -0.2) is 59.2 Å². The van der Waals surface area contributed by atoms with Gasteiger partial charge in [-0.2, -0.15) is 0 Å². The highest BCUT2D eigenvalue weighted by atomic mass is 35.5. The number of piperidine rings is 1. The molecule has 0 radical (unpaired) electrons. The molecule has 0 aliphatic carbocycles. The Morgan fingerprint density at radius 2 is 2.00 bits per heavy atom. The largest absolute Gasteiger partial charge is 0.486 e. The molecule has 7 nitrogen and oxygen atoms in total. The molecule has 1 aromatic heterocycles. The van der Waals surface area contributed by atoms with Crippen molar-refractivity contribution in [2.75, 3.05) is 26.2 Å². The van der Waals surface area contributed by atoms with Gasteiger partial charge >= 0.3 is 0 Å². The number of aromatic nitrogens is 2. The van der Waals surface area contributed by atoms with Crippen molar-refractivity contribution in [2.45, 2.75) is 32.5 Å². The molecule has 2 aliphatic heterocycles. The minimum atomic E-state index is -1.25. The molecule has 0 spiro atoms. The fourth-order valence-corrected chi connectivity index (χ4v) is 3.96. The van der Waals surface area contributed by atoms with Crippen LogP contribution in [0, 0.1) is 19.7 Å². The Morgan fingerprint density at radius 3 is 2.69 bits per heavy atom. The third kappa shape index (κ3) is 4.40. The molecule has 170 valence electrons. The van der Waals surface area contributed by atoms with Crippen LogP contribution in [-0.2, 0) is 0 Å². The van der Waals surface area contributed by atoms with E-state index in [1.165, 1.54) is 17.0 Å². The summed E-state index contributed by atoms with van der Waals surface area (Å²) in [6.07, 6.45) is -1.59. The molecule has 0 saturated carbocycles. The van der Waals surface area contributed by atoms with Crippen molar-refractivity contribution in [1.82, 2.24) is 20.2 Å². The van der Waals surface area contributed by atoms with Gasteiger partial charge < -0.3 is 20.7 Å². The topological polar surface area (TPSA) is 93.4 Å². The molecular weight excluding hydrogens is 440 g/mol. The number of benzene rings is 1. The van der Waals surface area contributed by atoms with E-state index in [4.69, 9.17) is 22.1 Å². The molecular formula is C22H24ClF2N5O2. The number of hydrogen-bond acceptors (Lipinski definition) is 6. The van der Waals surface area contributed by atoms with E-state index in [1.54, 1.807) is 13.8 Å². The lowest BCUT2D eigenvalue weighted by Gasteiger charge is -2.28. The molecule has 0 unspecified atom stereocenters. The maximum absolute atomic E-state index is 14.2. The van der Waals surface area contributed by atoms with E-state index in [9.17, 15) is 13.6 Å². The average molecular weight is 464 g/mol. The van der Waals surface area contributed by atoms with Crippen LogP contribution in [0.2, 0.25) is 5.02 Å². The Balaban J connectivity index is 1.57. The molecule has 1 saturated heterocycles. The molecule has 2 aliphatic rings. The minimum Gasteiger partial charge on any atom is -0.486 e. The number of nitrogens with one attached hydrogen (secondary N) is 1. The number of alkyl halides is 1. The molecule has 2 atom stereocenters. The first-order valence-corrected chi connectivity index (χ1v) is 10.7. The Labute approximate surface area is 189 Å². The van der Waals surface area contributed by atoms with Crippen LogP contribution in [0.1, 0.15) is 34.0 Å². The number of amides is 1. The molecule has 32 heavy (non-hydrogen) atoms. The summed E-state index contributed by atoms with van der Waals surface area (Å²) in [6.45, 7) is 4.63. The van der Waals surface area contributed by atoms with Gasteiger partial charge in [0.2, 0.25) is 0 Å². The van der Waals surface area contributed by atoms with Gasteiger partial charge in [-0.25, -0.2) is 18.7 Å². The standard InChI is InChI=1S/C22H24ClF2N5O2/c1-11-20(23)12(2)29-21(28-11)15-9-30(10-17(15)26)22(31)14-4-3-13(24)7-19(14)32-18-5-6-27-8-16(18)25/h3-4,7,16,18,27H,5-6,8-10,26H2,1-2H3/t16-,18-/m1/s1. The first kappa shape index (κ1) is 22.4. The van der Waals surface area contributed by atoms with Crippen molar-refractivity contribution in [2.24, 2.45) is 5.73 Å². The molecule has 1 aromatic carbocycles. The van der Waals surface area contributed by atoms with Crippen molar-refractivity contribution in [3.05, 3.63) is 57.5 Å². The molecule has 4 rings (SSSR count). The first-order chi connectivity index (χ1) is 15.2. The Hall–Kier alpha value is -2.78. The highest BCUT2D eigenvalue weighted by molar-refractivity contribution is 6.31. The monoisotopic (exact) mass is 463 g/mol. The number of carbonyl (C=O) groups is 1. The first-order valence-electron chi connectivity index (χ1n) is 10.3. The van der Waals surface area contributed by atoms with Gasteiger partial charge in [0.1, 0.15) is 23.8 Å². The molecule has 3 heterocycles.